The molecule has 0 aliphatic heterocycles. The van der Waals surface area contributed by atoms with Gasteiger partial charge in [-0.05, 0) is 17.9 Å². The number of hydrogen-bond acceptors (Lipinski definition) is 6. The minimum Gasteiger partial charge on any atom is -0.422 e. The summed E-state index contributed by atoms with van der Waals surface area (Å²) in [5, 5.41) is 5.57. The zero-order chi connectivity index (χ0) is 13.9. The molecule has 6 heteroatoms. The smallest absolute Gasteiger partial charge is 0.252 e. The van der Waals surface area contributed by atoms with Crippen molar-refractivity contribution in [1.29, 1.82) is 0 Å². The van der Waals surface area contributed by atoms with Crippen molar-refractivity contribution in [3.8, 4) is 0 Å². The second kappa shape index (κ2) is 5.58. The van der Waals surface area contributed by atoms with Gasteiger partial charge in [-0.15, -0.1) is 11.3 Å². The fourth-order valence-electron chi connectivity index (χ4n) is 2.19. The molecule has 104 valence electrons. The van der Waals surface area contributed by atoms with Crippen molar-refractivity contribution in [2.24, 2.45) is 0 Å². The van der Waals surface area contributed by atoms with E-state index in [0.717, 1.165) is 18.7 Å². The fraction of sp³-hybridized carbons (Fsp3) is 0.357. The molecule has 0 bridgehead atoms. The van der Waals surface area contributed by atoms with Gasteiger partial charge in [0, 0.05) is 11.8 Å². The maximum atomic E-state index is 5.44. The van der Waals surface area contributed by atoms with E-state index in [4.69, 9.17) is 4.42 Å². The molecule has 0 saturated heterocycles. The van der Waals surface area contributed by atoms with E-state index in [9.17, 15) is 0 Å². The number of fused-ring (bicyclic) bond motifs is 1. The number of thiophene rings is 1. The first-order chi connectivity index (χ1) is 9.78. The molecule has 0 amide bonds. The fourth-order valence-corrected chi connectivity index (χ4v) is 3.01. The van der Waals surface area contributed by atoms with E-state index >= 15 is 0 Å². The van der Waals surface area contributed by atoms with Crippen molar-refractivity contribution in [2.45, 2.75) is 32.7 Å². The zero-order valence-electron chi connectivity index (χ0n) is 11.5. The summed E-state index contributed by atoms with van der Waals surface area (Å²) in [5.41, 5.74) is 1.23. The predicted molar refractivity (Wildman–Crippen MR) is 79.9 cm³/mol. The summed E-state index contributed by atoms with van der Waals surface area (Å²) in [6.07, 6.45) is 3.65. The van der Waals surface area contributed by atoms with E-state index in [1.54, 1.807) is 11.3 Å². The second-order valence-corrected chi connectivity index (χ2v) is 5.59. The minimum atomic E-state index is 0.245. The van der Waals surface area contributed by atoms with Crippen LogP contribution in [0.15, 0.2) is 28.3 Å². The number of hydrogen-bond donors (Lipinski definition) is 1. The molecule has 5 nitrogen and oxygen atoms in total. The Labute approximate surface area is 121 Å². The first kappa shape index (κ1) is 13.1. The third-order valence-corrected chi connectivity index (χ3v) is 4.06. The SMILES string of the molecule is CCC[C@H](Nc1ncnc2oc(C)nc12)c1cccs1. The van der Waals surface area contributed by atoms with Gasteiger partial charge in [0.15, 0.2) is 17.2 Å². The lowest BCUT2D eigenvalue weighted by molar-refractivity contribution is 0.551. The Kier molecular flexibility index (Phi) is 3.64. The number of aromatic nitrogens is 3. The second-order valence-electron chi connectivity index (χ2n) is 4.61. The van der Waals surface area contributed by atoms with Gasteiger partial charge in [-0.25, -0.2) is 9.97 Å². The van der Waals surface area contributed by atoms with E-state index in [0.29, 0.717) is 17.1 Å². The number of anilines is 1. The van der Waals surface area contributed by atoms with Crippen LogP contribution < -0.4 is 5.32 Å². The molecule has 0 aromatic carbocycles. The molecule has 0 aliphatic rings. The molecule has 0 fully saturated rings. The first-order valence-electron chi connectivity index (χ1n) is 6.66. The number of oxazole rings is 1. The largest absolute Gasteiger partial charge is 0.422 e. The van der Waals surface area contributed by atoms with E-state index in [-0.39, 0.29) is 6.04 Å². The molecule has 0 radical (unpaired) electrons. The maximum Gasteiger partial charge on any atom is 0.252 e. The number of rotatable bonds is 5. The predicted octanol–water partition coefficient (Wildman–Crippen LogP) is 3.94. The Bertz CT molecular complexity index is 692. The lowest BCUT2D eigenvalue weighted by atomic mass is 10.1. The van der Waals surface area contributed by atoms with Gasteiger partial charge in [0.05, 0.1) is 6.04 Å². The minimum absolute atomic E-state index is 0.245. The molecule has 20 heavy (non-hydrogen) atoms. The van der Waals surface area contributed by atoms with Crippen LogP contribution >= 0.6 is 11.3 Å². The van der Waals surface area contributed by atoms with E-state index < -0.39 is 0 Å². The van der Waals surface area contributed by atoms with E-state index in [2.05, 4.69) is 44.7 Å². The summed E-state index contributed by atoms with van der Waals surface area (Å²) in [6, 6.07) is 4.46. The normalized spacial score (nSPS) is 12.7. The summed E-state index contributed by atoms with van der Waals surface area (Å²) >= 11 is 1.75. The highest BCUT2D eigenvalue weighted by Crippen LogP contribution is 2.29. The molecule has 1 N–H and O–H groups in total. The van der Waals surface area contributed by atoms with Crippen molar-refractivity contribution in [3.05, 3.63) is 34.6 Å². The van der Waals surface area contributed by atoms with Crippen molar-refractivity contribution in [2.75, 3.05) is 5.32 Å². The van der Waals surface area contributed by atoms with Crippen LogP contribution in [0.3, 0.4) is 0 Å². The quantitative estimate of drug-likeness (QED) is 0.770. The molecule has 0 saturated carbocycles. The van der Waals surface area contributed by atoms with Crippen LogP contribution in [0.1, 0.15) is 36.6 Å². The monoisotopic (exact) mass is 288 g/mol. The highest BCUT2D eigenvalue weighted by Gasteiger charge is 2.16. The summed E-state index contributed by atoms with van der Waals surface area (Å²) in [4.78, 5) is 14.1. The van der Waals surface area contributed by atoms with Gasteiger partial charge in [0.25, 0.3) is 5.71 Å². The van der Waals surface area contributed by atoms with Crippen LogP contribution in [0.25, 0.3) is 11.2 Å². The Morgan fingerprint density at radius 1 is 1.40 bits per heavy atom. The first-order valence-corrected chi connectivity index (χ1v) is 7.54. The Morgan fingerprint density at radius 3 is 3.05 bits per heavy atom. The van der Waals surface area contributed by atoms with Gasteiger partial charge in [0.1, 0.15) is 6.33 Å². The van der Waals surface area contributed by atoms with Crippen molar-refractivity contribution < 1.29 is 4.42 Å². The van der Waals surface area contributed by atoms with Gasteiger partial charge < -0.3 is 9.73 Å². The Balaban J connectivity index is 1.94. The summed E-state index contributed by atoms with van der Waals surface area (Å²) < 4.78 is 5.44. The van der Waals surface area contributed by atoms with Gasteiger partial charge in [-0.3, -0.25) is 0 Å². The third kappa shape index (κ3) is 2.51. The third-order valence-electron chi connectivity index (χ3n) is 3.08. The molecule has 3 heterocycles. The van der Waals surface area contributed by atoms with Crippen LogP contribution in [-0.2, 0) is 0 Å². The molecule has 0 aliphatic carbocycles. The van der Waals surface area contributed by atoms with E-state index in [1.807, 2.05) is 6.92 Å². The Morgan fingerprint density at radius 2 is 2.30 bits per heavy atom. The lowest BCUT2D eigenvalue weighted by Gasteiger charge is -2.17. The standard InChI is InChI=1S/C14H16N4OS/c1-3-5-10(11-6-4-7-20-11)18-13-12-14(16-8-15-13)19-9(2)17-12/h4,6-8,10H,3,5H2,1-2H3,(H,15,16,18)/t10-/m0/s1. The average Bonchev–Trinajstić information content (AvgIpc) is 3.06. The van der Waals surface area contributed by atoms with Gasteiger partial charge >= 0.3 is 0 Å². The molecule has 1 atom stereocenters. The molecular formula is C14H16N4OS. The average molecular weight is 288 g/mol. The van der Waals surface area contributed by atoms with Gasteiger partial charge in [0.2, 0.25) is 0 Å². The molecule has 0 unspecified atom stereocenters. The highest BCUT2D eigenvalue weighted by atomic mass is 32.1. The van der Waals surface area contributed by atoms with Crippen LogP contribution in [-0.4, -0.2) is 15.0 Å². The number of aryl methyl sites for hydroxylation is 1. The summed E-state index contributed by atoms with van der Waals surface area (Å²) in [5.74, 6) is 1.34. The molecule has 3 rings (SSSR count). The molecule has 3 aromatic heterocycles. The Hall–Kier alpha value is -1.95. The summed E-state index contributed by atoms with van der Waals surface area (Å²) in [6.45, 7) is 3.99. The van der Waals surface area contributed by atoms with Crippen molar-refractivity contribution in [3.63, 3.8) is 0 Å². The van der Waals surface area contributed by atoms with Crippen LogP contribution in [0.4, 0.5) is 5.82 Å². The van der Waals surface area contributed by atoms with E-state index in [1.165, 1.54) is 11.2 Å². The molecular weight excluding hydrogens is 272 g/mol. The van der Waals surface area contributed by atoms with Crippen molar-refractivity contribution in [1.82, 2.24) is 15.0 Å². The van der Waals surface area contributed by atoms with Crippen LogP contribution in [0, 0.1) is 6.92 Å². The van der Waals surface area contributed by atoms with Crippen LogP contribution in [0.2, 0.25) is 0 Å². The number of nitrogens with one attached hydrogen (secondary N) is 1. The van der Waals surface area contributed by atoms with Gasteiger partial charge in [-0.1, -0.05) is 19.4 Å². The topological polar surface area (TPSA) is 63.8 Å². The van der Waals surface area contributed by atoms with Gasteiger partial charge in [-0.2, -0.15) is 4.98 Å². The molecule has 3 aromatic rings. The summed E-state index contributed by atoms with van der Waals surface area (Å²) in [7, 11) is 0. The molecule has 0 spiro atoms. The lowest BCUT2D eigenvalue weighted by Crippen LogP contribution is -2.10. The van der Waals surface area contributed by atoms with Crippen LogP contribution in [0.5, 0.6) is 0 Å². The zero-order valence-corrected chi connectivity index (χ0v) is 12.3. The van der Waals surface area contributed by atoms with Crippen molar-refractivity contribution >= 4 is 28.4 Å². The maximum absolute atomic E-state index is 5.44. The highest BCUT2D eigenvalue weighted by molar-refractivity contribution is 7.10. The number of nitrogens with zero attached hydrogens (tertiary/aromatic N) is 3.